The Morgan fingerprint density at radius 1 is 0.938 bits per heavy atom. The van der Waals surface area contributed by atoms with Crippen LogP contribution in [-0.2, 0) is 4.79 Å². The molecule has 0 heterocycles. The molecule has 96 valence electrons. The first kappa shape index (κ1) is 1.88. The molecule has 2 nitrogen and oxygen atoms in total. The van der Waals surface area contributed by atoms with Gasteiger partial charge in [-0.2, -0.15) is 0 Å². The second-order valence-corrected chi connectivity index (χ2v) is 1.81. The molecule has 0 aliphatic rings. The maximum atomic E-state index is 11.2. The van der Waals surface area contributed by atoms with Crippen LogP contribution < -0.4 is 0 Å². The first-order chi connectivity index (χ1) is 17.9. The summed E-state index contributed by atoms with van der Waals surface area (Å²) in [4.78, 5) is 11.2. The van der Waals surface area contributed by atoms with E-state index in [0.717, 1.165) is 0 Å². The molecular weight excluding hydrogens is 200 g/mol. The third-order valence-corrected chi connectivity index (χ3v) is 0.794. The quantitative estimate of drug-likeness (QED) is 0.545. The Kier molecular flexibility index (Phi) is 1.48. The lowest BCUT2D eigenvalue weighted by atomic mass is 10.1. The monoisotopic (exact) mass is 255 g/mol. The van der Waals surface area contributed by atoms with Crippen molar-refractivity contribution in [3.63, 3.8) is 0 Å². The molecule has 0 bridgehead atoms. The molecule has 0 aliphatic carbocycles. The summed E-state index contributed by atoms with van der Waals surface area (Å²) in [5.74, 6) is -2.73. The first-order valence-electron chi connectivity index (χ1n) is 17.2. The van der Waals surface area contributed by atoms with Crippen molar-refractivity contribution in [3.8, 4) is 0 Å². The minimum atomic E-state index is -4.98. The Hall–Kier alpha value is -0.530. The van der Waals surface area contributed by atoms with Crippen molar-refractivity contribution in [1.29, 1.82) is 0 Å². The van der Waals surface area contributed by atoms with Gasteiger partial charge >= 0.3 is 5.97 Å². The number of carboxylic acid groups (broad SMARTS) is 1. The van der Waals surface area contributed by atoms with Crippen molar-refractivity contribution in [1.82, 2.24) is 0 Å². The van der Waals surface area contributed by atoms with E-state index in [-0.39, 0.29) is 0 Å². The van der Waals surface area contributed by atoms with Gasteiger partial charge in [-0.05, 0) is 6.37 Å². The molecule has 0 unspecified atom stereocenters. The average molecular weight is 256 g/mol. The summed E-state index contributed by atoms with van der Waals surface area (Å²) in [5.41, 5.74) is 0. The number of carboxylic acids is 1. The van der Waals surface area contributed by atoms with Crippen LogP contribution in [0.1, 0.15) is 120 Å². The standard InChI is InChI=1S/C14H28O2/c1-2-3-4-5-6-7-8-9-10-11-12-13-14(15)16/h2-13H2,1H3,(H,15,16)/i1D3,2D2,3D2,4D2,5D2,6D2,7D2,8D2,9D2,10D2,11D2,12D2,13D2. The van der Waals surface area contributed by atoms with Crippen LogP contribution in [0.5, 0.6) is 0 Å². The fourth-order valence-electron chi connectivity index (χ4n) is 0.366. The van der Waals surface area contributed by atoms with Gasteiger partial charge in [0.05, 0.1) is 0 Å². The predicted molar refractivity (Wildman–Crippen MR) is 68.7 cm³/mol. The first-order valence-corrected chi connectivity index (χ1v) is 3.68. The molecule has 0 aromatic carbocycles. The Bertz CT molecular complexity index is 1060. The van der Waals surface area contributed by atoms with E-state index in [0.29, 0.717) is 0 Å². The van der Waals surface area contributed by atoms with Gasteiger partial charge in [0, 0.05) is 43.4 Å². The zero-order valence-electron chi connectivity index (χ0n) is 34.9. The molecule has 1 N–H and O–H groups in total. The number of rotatable bonds is 12. The van der Waals surface area contributed by atoms with Gasteiger partial charge in [-0.1, -0.05) is 70.6 Å². The minimum absolute atomic E-state index is 2.73. The lowest BCUT2D eigenvalue weighted by Crippen LogP contribution is -1.93. The average Bonchev–Trinajstić information content (AvgIpc) is 2.76. The van der Waals surface area contributed by atoms with Gasteiger partial charge in [-0.25, -0.2) is 0 Å². The van der Waals surface area contributed by atoms with Crippen molar-refractivity contribution in [2.24, 2.45) is 0 Å². The molecule has 0 aliphatic heterocycles. The highest BCUT2D eigenvalue weighted by Crippen LogP contribution is 2.11. The Morgan fingerprint density at radius 3 is 1.81 bits per heavy atom. The van der Waals surface area contributed by atoms with Crippen LogP contribution >= 0.6 is 0 Å². The molecule has 0 radical (unpaired) electrons. The highest BCUT2D eigenvalue weighted by atomic mass is 16.4. The van der Waals surface area contributed by atoms with Crippen LogP contribution in [0, 0.1) is 0 Å². The van der Waals surface area contributed by atoms with Crippen molar-refractivity contribution in [3.05, 3.63) is 0 Å². The summed E-state index contributed by atoms with van der Waals surface area (Å²) in [7, 11) is 0. The van der Waals surface area contributed by atoms with Gasteiger partial charge in [-0.15, -0.1) is 0 Å². The van der Waals surface area contributed by atoms with Gasteiger partial charge in [0.15, 0.2) is 0 Å². The van der Waals surface area contributed by atoms with Crippen LogP contribution in [0.25, 0.3) is 0 Å². The number of carbonyl (C=O) groups is 1. The molecule has 0 saturated carbocycles. The molecule has 0 saturated heterocycles. The summed E-state index contributed by atoms with van der Waals surface area (Å²) in [6.45, 7) is -4.06. The lowest BCUT2D eigenvalue weighted by Gasteiger charge is -2.01. The number of hydrogen-bond donors (Lipinski definition) is 1. The van der Waals surface area contributed by atoms with Crippen molar-refractivity contribution >= 4 is 5.97 Å². The van der Waals surface area contributed by atoms with Crippen molar-refractivity contribution in [2.45, 2.75) is 83.3 Å². The summed E-state index contributed by atoms with van der Waals surface area (Å²) in [5, 5.41) is 8.99. The maximum absolute atomic E-state index is 11.2. The fraction of sp³-hybridized carbons (Fsp3) is 0.929. The SMILES string of the molecule is [2H]C([2H])([2H])C([2H])([2H])C([2H])([2H])C([2H])([2H])C([2H])([2H])C([2H])([2H])C([2H])([2H])C([2H])([2H])C([2H])([2H])C([2H])([2H])C([2H])([2H])C([2H])([2H])C([2H])([2H])C(=O)O. The van der Waals surface area contributed by atoms with Crippen molar-refractivity contribution < 1.29 is 46.9 Å². The second-order valence-electron chi connectivity index (χ2n) is 1.81. The third-order valence-electron chi connectivity index (χ3n) is 0.794. The van der Waals surface area contributed by atoms with Crippen LogP contribution in [0.4, 0.5) is 0 Å². The molecule has 0 aromatic rings. The van der Waals surface area contributed by atoms with Gasteiger partial charge in [0.2, 0.25) is 0 Å². The Balaban J connectivity index is 7.49. The normalized spacial score (nSPS) is 47.1. The number of hydrogen-bond acceptors (Lipinski definition) is 1. The largest absolute Gasteiger partial charge is 0.481 e. The minimum Gasteiger partial charge on any atom is -0.481 e. The van der Waals surface area contributed by atoms with Gasteiger partial charge in [0.25, 0.3) is 0 Å². The van der Waals surface area contributed by atoms with E-state index in [1.165, 1.54) is 0 Å². The molecule has 16 heavy (non-hydrogen) atoms. The van der Waals surface area contributed by atoms with E-state index < -0.39 is 89.3 Å². The summed E-state index contributed by atoms with van der Waals surface area (Å²) < 4.78 is 209. The molecule has 0 rings (SSSR count). The van der Waals surface area contributed by atoms with E-state index >= 15 is 0 Å². The Labute approximate surface area is 138 Å². The van der Waals surface area contributed by atoms with E-state index in [2.05, 4.69) is 0 Å². The zero-order chi connectivity index (χ0) is 36.1. The molecule has 0 spiro atoms. The topological polar surface area (TPSA) is 37.3 Å². The smallest absolute Gasteiger partial charge is 0.303 e. The zero-order valence-corrected chi connectivity index (χ0v) is 7.86. The van der Waals surface area contributed by atoms with Crippen molar-refractivity contribution in [2.75, 3.05) is 0 Å². The van der Waals surface area contributed by atoms with Crippen LogP contribution in [0.15, 0.2) is 0 Å². The summed E-state index contributed by atoms with van der Waals surface area (Å²) >= 11 is 0. The van der Waals surface area contributed by atoms with Gasteiger partial charge in [0.1, 0.15) is 0 Å². The third kappa shape index (κ3) is 13.5. The second kappa shape index (κ2) is 12.5. The lowest BCUT2D eigenvalue weighted by molar-refractivity contribution is -0.137. The van der Waals surface area contributed by atoms with Gasteiger partial charge < -0.3 is 5.11 Å². The van der Waals surface area contributed by atoms with E-state index in [4.69, 9.17) is 42.1 Å². The van der Waals surface area contributed by atoms with E-state index in [1.54, 1.807) is 0 Å². The molecule has 0 aromatic heterocycles. The van der Waals surface area contributed by atoms with E-state index in [9.17, 15) is 4.79 Å². The van der Waals surface area contributed by atoms with Crippen LogP contribution in [0.2, 0.25) is 0 Å². The molecule has 0 atom stereocenters. The molecule has 2 heteroatoms. The fourth-order valence-corrected chi connectivity index (χ4v) is 0.366. The summed E-state index contributed by atoms with van der Waals surface area (Å²) in [6, 6.07) is 0. The van der Waals surface area contributed by atoms with Crippen LogP contribution in [-0.4, -0.2) is 11.1 Å². The Morgan fingerprint density at radius 2 is 1.38 bits per heavy atom. The van der Waals surface area contributed by atoms with Crippen LogP contribution in [0.3, 0.4) is 0 Å². The maximum Gasteiger partial charge on any atom is 0.303 e. The highest BCUT2D eigenvalue weighted by molar-refractivity contribution is 5.66. The number of aliphatic carboxylic acids is 1. The predicted octanol–water partition coefficient (Wildman–Crippen LogP) is 4.77. The van der Waals surface area contributed by atoms with E-state index in [1.807, 2.05) is 0 Å². The van der Waals surface area contributed by atoms with Gasteiger partial charge in [-0.3, -0.25) is 4.79 Å². The molecular formula is C14H28O2. The summed E-state index contributed by atoms with van der Waals surface area (Å²) in [6.07, 6.45) is -57.0. The highest BCUT2D eigenvalue weighted by Gasteiger charge is 1.96. The molecule has 0 fully saturated rings. The molecule has 0 amide bonds.